The molecule has 3 nitrogen and oxygen atoms in total. The Bertz CT molecular complexity index is 576. The van der Waals surface area contributed by atoms with E-state index in [1.807, 2.05) is 54.6 Å². The van der Waals surface area contributed by atoms with E-state index in [0.717, 1.165) is 17.2 Å². The first kappa shape index (κ1) is 17.7. The maximum Gasteiger partial charge on any atom is 0.149 e. The molecular weight excluding hydrogens is 308 g/mol. The SMILES string of the molecule is CC(C)(C)C(Oc1ccc(Oc2ccccc2)cc1)SCCO. The van der Waals surface area contributed by atoms with Crippen molar-refractivity contribution in [2.24, 2.45) is 5.41 Å². The molecule has 4 heteroatoms. The lowest BCUT2D eigenvalue weighted by Crippen LogP contribution is -2.29. The molecule has 0 amide bonds. The minimum Gasteiger partial charge on any atom is -0.479 e. The minimum atomic E-state index is -0.0180. The Morgan fingerprint density at radius 1 is 0.913 bits per heavy atom. The van der Waals surface area contributed by atoms with Gasteiger partial charge in [-0.05, 0) is 36.4 Å². The Balaban J connectivity index is 2.00. The molecule has 1 N–H and O–H groups in total. The monoisotopic (exact) mass is 332 g/mol. The van der Waals surface area contributed by atoms with Gasteiger partial charge in [0, 0.05) is 11.2 Å². The fraction of sp³-hybridized carbons (Fsp3) is 0.368. The van der Waals surface area contributed by atoms with Crippen LogP contribution in [0.2, 0.25) is 0 Å². The van der Waals surface area contributed by atoms with Crippen molar-refractivity contribution in [1.82, 2.24) is 0 Å². The summed E-state index contributed by atoms with van der Waals surface area (Å²) in [7, 11) is 0. The van der Waals surface area contributed by atoms with Crippen LogP contribution < -0.4 is 9.47 Å². The summed E-state index contributed by atoms with van der Waals surface area (Å²) >= 11 is 1.63. The minimum absolute atomic E-state index is 0.0148. The number of aliphatic hydroxyl groups excluding tert-OH is 1. The van der Waals surface area contributed by atoms with E-state index in [1.165, 1.54) is 0 Å². The van der Waals surface area contributed by atoms with Gasteiger partial charge in [-0.15, -0.1) is 11.8 Å². The Hall–Kier alpha value is -1.65. The zero-order valence-corrected chi connectivity index (χ0v) is 14.7. The number of hydrogen-bond donors (Lipinski definition) is 1. The van der Waals surface area contributed by atoms with Gasteiger partial charge in [-0.3, -0.25) is 0 Å². The molecule has 0 aliphatic heterocycles. The first-order valence-corrected chi connectivity index (χ1v) is 8.76. The normalized spacial score (nSPS) is 12.7. The van der Waals surface area contributed by atoms with E-state index in [-0.39, 0.29) is 17.5 Å². The van der Waals surface area contributed by atoms with Crippen molar-refractivity contribution < 1.29 is 14.6 Å². The van der Waals surface area contributed by atoms with Gasteiger partial charge in [0.25, 0.3) is 0 Å². The summed E-state index contributed by atoms with van der Waals surface area (Å²) in [6.07, 6.45) is 0. The van der Waals surface area contributed by atoms with Gasteiger partial charge in [-0.1, -0.05) is 39.0 Å². The van der Waals surface area contributed by atoms with E-state index in [0.29, 0.717) is 5.75 Å². The van der Waals surface area contributed by atoms with Crippen LogP contribution in [0.1, 0.15) is 20.8 Å². The van der Waals surface area contributed by atoms with Crippen LogP contribution in [0.3, 0.4) is 0 Å². The summed E-state index contributed by atoms with van der Waals surface area (Å²) in [6.45, 7) is 6.56. The first-order valence-electron chi connectivity index (χ1n) is 7.71. The standard InChI is InChI=1S/C19H24O3S/c1-19(2,3)18(23-14-13-20)22-17-11-9-16(10-12-17)21-15-7-5-4-6-8-15/h4-12,18,20H,13-14H2,1-3H3. The van der Waals surface area contributed by atoms with Crippen LogP contribution in [0, 0.1) is 5.41 Å². The molecule has 23 heavy (non-hydrogen) atoms. The summed E-state index contributed by atoms with van der Waals surface area (Å²) in [5.74, 6) is 3.05. The fourth-order valence-corrected chi connectivity index (χ4v) is 2.95. The third-order valence-electron chi connectivity index (χ3n) is 3.11. The Morgan fingerprint density at radius 2 is 1.48 bits per heavy atom. The molecule has 0 spiro atoms. The van der Waals surface area contributed by atoms with Gasteiger partial charge in [0.2, 0.25) is 0 Å². The molecule has 1 atom stereocenters. The number of ether oxygens (including phenoxy) is 2. The number of hydrogen-bond acceptors (Lipinski definition) is 4. The smallest absolute Gasteiger partial charge is 0.149 e. The molecule has 124 valence electrons. The third kappa shape index (κ3) is 5.81. The van der Waals surface area contributed by atoms with E-state index in [4.69, 9.17) is 14.6 Å². The van der Waals surface area contributed by atoms with Gasteiger partial charge in [-0.2, -0.15) is 0 Å². The van der Waals surface area contributed by atoms with E-state index in [9.17, 15) is 0 Å². The number of aliphatic hydroxyl groups is 1. The van der Waals surface area contributed by atoms with Gasteiger partial charge in [0.05, 0.1) is 6.61 Å². The van der Waals surface area contributed by atoms with Crippen molar-refractivity contribution in [1.29, 1.82) is 0 Å². The van der Waals surface area contributed by atoms with E-state index >= 15 is 0 Å². The second-order valence-electron chi connectivity index (χ2n) is 6.30. The van der Waals surface area contributed by atoms with Gasteiger partial charge in [0.1, 0.15) is 22.7 Å². The maximum absolute atomic E-state index is 9.03. The van der Waals surface area contributed by atoms with Crippen LogP contribution in [0.25, 0.3) is 0 Å². The molecule has 0 aliphatic carbocycles. The molecule has 0 bridgehead atoms. The summed E-state index contributed by atoms with van der Waals surface area (Å²) in [6, 6.07) is 17.3. The van der Waals surface area contributed by atoms with Crippen molar-refractivity contribution in [2.45, 2.75) is 26.2 Å². The molecule has 2 rings (SSSR count). The van der Waals surface area contributed by atoms with Crippen molar-refractivity contribution in [3.05, 3.63) is 54.6 Å². The fourth-order valence-electron chi connectivity index (χ4n) is 1.96. The molecule has 0 saturated heterocycles. The van der Waals surface area contributed by atoms with Crippen LogP contribution in [-0.2, 0) is 0 Å². The summed E-state index contributed by atoms with van der Waals surface area (Å²) in [5, 5.41) is 9.03. The summed E-state index contributed by atoms with van der Waals surface area (Å²) < 4.78 is 11.9. The highest BCUT2D eigenvalue weighted by molar-refractivity contribution is 7.99. The van der Waals surface area contributed by atoms with E-state index in [2.05, 4.69) is 20.8 Å². The quantitative estimate of drug-likeness (QED) is 0.728. The molecule has 0 saturated carbocycles. The average molecular weight is 332 g/mol. The molecule has 0 aromatic heterocycles. The zero-order chi connectivity index (χ0) is 16.7. The lowest BCUT2D eigenvalue weighted by molar-refractivity contribution is 0.164. The summed E-state index contributed by atoms with van der Waals surface area (Å²) in [5.41, 5.74) is -0.0329. The molecule has 0 radical (unpaired) electrons. The second kappa shape index (κ2) is 8.27. The van der Waals surface area contributed by atoms with Crippen LogP contribution >= 0.6 is 11.8 Å². The molecule has 0 heterocycles. The Kier molecular flexibility index (Phi) is 6.37. The molecule has 0 aliphatic rings. The van der Waals surface area contributed by atoms with Gasteiger partial charge in [0.15, 0.2) is 0 Å². The van der Waals surface area contributed by atoms with Crippen LogP contribution in [-0.4, -0.2) is 22.9 Å². The van der Waals surface area contributed by atoms with Crippen molar-refractivity contribution in [3.63, 3.8) is 0 Å². The van der Waals surface area contributed by atoms with Crippen molar-refractivity contribution in [2.75, 3.05) is 12.4 Å². The molecule has 0 fully saturated rings. The highest BCUT2D eigenvalue weighted by atomic mass is 32.2. The topological polar surface area (TPSA) is 38.7 Å². The Morgan fingerprint density at radius 3 is 2.04 bits per heavy atom. The lowest BCUT2D eigenvalue weighted by Gasteiger charge is -2.30. The Labute approximate surface area is 142 Å². The van der Waals surface area contributed by atoms with E-state index in [1.54, 1.807) is 11.8 Å². The highest BCUT2D eigenvalue weighted by Gasteiger charge is 2.26. The average Bonchev–Trinajstić information content (AvgIpc) is 2.53. The third-order valence-corrected chi connectivity index (χ3v) is 4.64. The number of rotatable bonds is 7. The first-order chi connectivity index (χ1) is 11.0. The maximum atomic E-state index is 9.03. The van der Waals surface area contributed by atoms with Gasteiger partial charge < -0.3 is 14.6 Å². The van der Waals surface area contributed by atoms with Gasteiger partial charge in [-0.25, -0.2) is 0 Å². The van der Waals surface area contributed by atoms with Crippen LogP contribution in [0.4, 0.5) is 0 Å². The molecule has 2 aromatic carbocycles. The van der Waals surface area contributed by atoms with Crippen molar-refractivity contribution in [3.8, 4) is 17.2 Å². The highest BCUT2D eigenvalue weighted by Crippen LogP contribution is 2.33. The molecule has 1 unspecified atom stereocenters. The van der Waals surface area contributed by atoms with E-state index < -0.39 is 0 Å². The largest absolute Gasteiger partial charge is 0.479 e. The van der Waals surface area contributed by atoms with Crippen molar-refractivity contribution >= 4 is 11.8 Å². The number of thioether (sulfide) groups is 1. The lowest BCUT2D eigenvalue weighted by atomic mass is 9.98. The zero-order valence-electron chi connectivity index (χ0n) is 13.9. The van der Waals surface area contributed by atoms with Crippen LogP contribution in [0.15, 0.2) is 54.6 Å². The molecule has 2 aromatic rings. The second-order valence-corrected chi connectivity index (χ2v) is 7.47. The number of para-hydroxylation sites is 1. The predicted octanol–water partition coefficient (Wildman–Crippen LogP) is 4.96. The number of benzene rings is 2. The summed E-state index contributed by atoms with van der Waals surface area (Å²) in [4.78, 5) is 0. The van der Waals surface area contributed by atoms with Gasteiger partial charge >= 0.3 is 0 Å². The predicted molar refractivity (Wildman–Crippen MR) is 96.4 cm³/mol. The molecular formula is C19H24O3S. The van der Waals surface area contributed by atoms with Crippen LogP contribution in [0.5, 0.6) is 17.2 Å².